The number of nitrogens with zero attached hydrogens (tertiary/aromatic N) is 1. The summed E-state index contributed by atoms with van der Waals surface area (Å²) in [6.07, 6.45) is 7.33. The van der Waals surface area contributed by atoms with Gasteiger partial charge in [0.2, 0.25) is 0 Å². The summed E-state index contributed by atoms with van der Waals surface area (Å²) in [7, 11) is 0. The fraction of sp³-hybridized carbons (Fsp3) is 0.722. The van der Waals surface area contributed by atoms with E-state index in [9.17, 15) is 0 Å². The van der Waals surface area contributed by atoms with Crippen LogP contribution in [0.2, 0.25) is 0 Å². The van der Waals surface area contributed by atoms with Gasteiger partial charge in [-0.1, -0.05) is 33.3 Å². The van der Waals surface area contributed by atoms with E-state index < -0.39 is 0 Å². The van der Waals surface area contributed by atoms with Gasteiger partial charge in [-0.2, -0.15) is 0 Å². The molecule has 2 nitrogen and oxygen atoms in total. The molecule has 1 fully saturated rings. The molecule has 1 aliphatic rings. The van der Waals surface area contributed by atoms with E-state index >= 15 is 0 Å². The first-order chi connectivity index (χ1) is 9.61. The summed E-state index contributed by atoms with van der Waals surface area (Å²) in [6, 6.07) is 4.89. The SMILES string of the molecule is CCCNC(c1ccc(C)nc1)C1CCC(C)C(C)C1. The minimum Gasteiger partial charge on any atom is -0.310 e. The zero-order valence-electron chi connectivity index (χ0n) is 13.5. The van der Waals surface area contributed by atoms with Gasteiger partial charge in [0.15, 0.2) is 0 Å². The second-order valence-corrected chi connectivity index (χ2v) is 6.69. The third-order valence-corrected chi connectivity index (χ3v) is 5.02. The number of pyridine rings is 1. The molecule has 0 bridgehead atoms. The normalized spacial score (nSPS) is 28.3. The van der Waals surface area contributed by atoms with Crippen molar-refractivity contribution < 1.29 is 0 Å². The van der Waals surface area contributed by atoms with Crippen molar-refractivity contribution in [3.05, 3.63) is 29.6 Å². The van der Waals surface area contributed by atoms with Crippen molar-refractivity contribution in [2.45, 2.75) is 59.4 Å². The molecule has 1 saturated carbocycles. The van der Waals surface area contributed by atoms with E-state index in [1.807, 2.05) is 0 Å². The van der Waals surface area contributed by atoms with Gasteiger partial charge in [-0.25, -0.2) is 0 Å². The van der Waals surface area contributed by atoms with Crippen molar-refractivity contribution in [3.8, 4) is 0 Å². The predicted octanol–water partition coefficient (Wildman–Crippen LogP) is 4.50. The number of rotatable bonds is 5. The van der Waals surface area contributed by atoms with Gasteiger partial charge in [0.05, 0.1) is 0 Å². The third kappa shape index (κ3) is 3.82. The van der Waals surface area contributed by atoms with Gasteiger partial charge in [-0.3, -0.25) is 4.98 Å². The van der Waals surface area contributed by atoms with Gasteiger partial charge in [0.25, 0.3) is 0 Å². The Bertz CT molecular complexity index is 398. The largest absolute Gasteiger partial charge is 0.310 e. The Morgan fingerprint density at radius 2 is 2.05 bits per heavy atom. The van der Waals surface area contributed by atoms with E-state index in [1.165, 1.54) is 31.2 Å². The molecule has 0 saturated heterocycles. The summed E-state index contributed by atoms with van der Waals surface area (Å²) in [6.45, 7) is 10.2. The van der Waals surface area contributed by atoms with Gasteiger partial charge in [-0.15, -0.1) is 0 Å². The number of hydrogen-bond acceptors (Lipinski definition) is 2. The lowest BCUT2D eigenvalue weighted by atomic mass is 9.72. The standard InChI is InChI=1S/C18H30N2/c1-5-10-19-18(17-9-7-15(4)20-12-17)16-8-6-13(2)14(3)11-16/h7,9,12-14,16,18-19H,5-6,8,10-11H2,1-4H3. The molecule has 4 atom stereocenters. The quantitative estimate of drug-likeness (QED) is 0.855. The highest BCUT2D eigenvalue weighted by molar-refractivity contribution is 5.18. The van der Waals surface area contributed by atoms with Crippen molar-refractivity contribution in [1.82, 2.24) is 10.3 Å². The number of aromatic nitrogens is 1. The molecule has 20 heavy (non-hydrogen) atoms. The summed E-state index contributed by atoms with van der Waals surface area (Å²) < 4.78 is 0. The molecule has 0 aromatic carbocycles. The van der Waals surface area contributed by atoms with Crippen molar-refractivity contribution >= 4 is 0 Å². The van der Waals surface area contributed by atoms with E-state index in [2.05, 4.69) is 56.3 Å². The molecule has 2 heteroatoms. The zero-order valence-corrected chi connectivity index (χ0v) is 13.5. The van der Waals surface area contributed by atoms with E-state index in [0.717, 1.165) is 30.0 Å². The maximum absolute atomic E-state index is 4.50. The molecule has 0 radical (unpaired) electrons. The molecule has 1 heterocycles. The average molecular weight is 274 g/mol. The molecule has 0 spiro atoms. The topological polar surface area (TPSA) is 24.9 Å². The monoisotopic (exact) mass is 274 g/mol. The van der Waals surface area contributed by atoms with Gasteiger partial charge >= 0.3 is 0 Å². The van der Waals surface area contributed by atoms with Crippen LogP contribution in [0, 0.1) is 24.7 Å². The van der Waals surface area contributed by atoms with Crippen molar-refractivity contribution in [1.29, 1.82) is 0 Å². The minimum atomic E-state index is 0.484. The fourth-order valence-corrected chi connectivity index (χ4v) is 3.41. The second kappa shape index (κ2) is 7.21. The van der Waals surface area contributed by atoms with Crippen molar-refractivity contribution in [3.63, 3.8) is 0 Å². The van der Waals surface area contributed by atoms with Crippen LogP contribution in [0.25, 0.3) is 0 Å². The molecule has 2 rings (SSSR count). The van der Waals surface area contributed by atoms with E-state index in [-0.39, 0.29) is 0 Å². The first-order valence-electron chi connectivity index (χ1n) is 8.27. The molecular weight excluding hydrogens is 244 g/mol. The van der Waals surface area contributed by atoms with Crippen LogP contribution in [-0.4, -0.2) is 11.5 Å². The molecule has 112 valence electrons. The Labute approximate surface area is 124 Å². The molecular formula is C18H30N2. The highest BCUT2D eigenvalue weighted by Gasteiger charge is 2.30. The van der Waals surface area contributed by atoms with Crippen LogP contribution in [0.5, 0.6) is 0 Å². The molecule has 0 amide bonds. The lowest BCUT2D eigenvalue weighted by Crippen LogP contribution is -2.33. The van der Waals surface area contributed by atoms with Gasteiger partial charge < -0.3 is 5.32 Å². The minimum absolute atomic E-state index is 0.484. The Morgan fingerprint density at radius 3 is 2.65 bits per heavy atom. The lowest BCUT2D eigenvalue weighted by Gasteiger charge is -2.37. The number of hydrogen-bond donors (Lipinski definition) is 1. The Kier molecular flexibility index (Phi) is 5.59. The zero-order chi connectivity index (χ0) is 14.5. The highest BCUT2D eigenvalue weighted by Crippen LogP contribution is 2.39. The predicted molar refractivity (Wildman–Crippen MR) is 85.7 cm³/mol. The smallest absolute Gasteiger partial charge is 0.0372 e. The lowest BCUT2D eigenvalue weighted by molar-refractivity contribution is 0.171. The maximum atomic E-state index is 4.50. The summed E-state index contributed by atoms with van der Waals surface area (Å²) in [4.78, 5) is 4.50. The summed E-state index contributed by atoms with van der Waals surface area (Å²) in [5.74, 6) is 2.49. The molecule has 4 unspecified atom stereocenters. The third-order valence-electron chi connectivity index (χ3n) is 5.02. The van der Waals surface area contributed by atoms with Crippen LogP contribution in [-0.2, 0) is 0 Å². The summed E-state index contributed by atoms with van der Waals surface area (Å²) in [5, 5.41) is 3.77. The maximum Gasteiger partial charge on any atom is 0.0372 e. The molecule has 1 aromatic rings. The molecule has 1 aliphatic carbocycles. The molecule has 0 aliphatic heterocycles. The van der Waals surface area contributed by atoms with E-state index in [0.29, 0.717) is 6.04 Å². The van der Waals surface area contributed by atoms with Gasteiger partial charge in [0, 0.05) is 17.9 Å². The van der Waals surface area contributed by atoms with Gasteiger partial charge in [-0.05, 0) is 62.1 Å². The molecule has 1 N–H and O–H groups in total. The van der Waals surface area contributed by atoms with E-state index in [1.54, 1.807) is 0 Å². The van der Waals surface area contributed by atoms with Crippen molar-refractivity contribution in [2.75, 3.05) is 6.54 Å². The first-order valence-corrected chi connectivity index (χ1v) is 8.27. The van der Waals surface area contributed by atoms with Crippen LogP contribution in [0.4, 0.5) is 0 Å². The van der Waals surface area contributed by atoms with E-state index in [4.69, 9.17) is 0 Å². The van der Waals surface area contributed by atoms with Crippen LogP contribution in [0.15, 0.2) is 18.3 Å². The summed E-state index contributed by atoms with van der Waals surface area (Å²) >= 11 is 0. The van der Waals surface area contributed by atoms with Gasteiger partial charge in [0.1, 0.15) is 0 Å². The first kappa shape index (κ1) is 15.5. The Balaban J connectivity index is 2.12. The Morgan fingerprint density at radius 1 is 1.25 bits per heavy atom. The highest BCUT2D eigenvalue weighted by atomic mass is 14.9. The van der Waals surface area contributed by atoms with Crippen LogP contribution >= 0.6 is 0 Å². The fourth-order valence-electron chi connectivity index (χ4n) is 3.41. The van der Waals surface area contributed by atoms with Crippen LogP contribution < -0.4 is 5.32 Å². The Hall–Kier alpha value is -0.890. The second-order valence-electron chi connectivity index (χ2n) is 6.69. The van der Waals surface area contributed by atoms with Crippen molar-refractivity contribution in [2.24, 2.45) is 17.8 Å². The molecule has 1 aromatic heterocycles. The summed E-state index contributed by atoms with van der Waals surface area (Å²) in [5.41, 5.74) is 2.48. The van der Waals surface area contributed by atoms with Crippen LogP contribution in [0.3, 0.4) is 0 Å². The number of aryl methyl sites for hydroxylation is 1. The number of nitrogens with one attached hydrogen (secondary N) is 1. The average Bonchev–Trinajstić information content (AvgIpc) is 2.45. The van der Waals surface area contributed by atoms with Crippen LogP contribution in [0.1, 0.15) is 63.8 Å².